The van der Waals surface area contributed by atoms with Crippen molar-refractivity contribution < 1.29 is 23.9 Å². The monoisotopic (exact) mass is 634 g/mol. The Morgan fingerprint density at radius 3 is 2.30 bits per heavy atom. The molecule has 1 heterocycles. The van der Waals surface area contributed by atoms with Gasteiger partial charge in [0.1, 0.15) is 18.3 Å². The lowest BCUT2D eigenvalue weighted by Gasteiger charge is -2.39. The molecule has 0 spiro atoms. The molecule has 3 N–H and O–H groups in total. The van der Waals surface area contributed by atoms with Crippen molar-refractivity contribution in [3.63, 3.8) is 0 Å². The molecule has 8 nitrogen and oxygen atoms in total. The number of allylic oxidation sites excluding steroid dienone is 2. The molecule has 250 valence electrons. The highest BCUT2D eigenvalue weighted by Crippen LogP contribution is 2.28. The second-order valence-corrected chi connectivity index (χ2v) is 14.0. The van der Waals surface area contributed by atoms with Gasteiger partial charge in [0.2, 0.25) is 17.7 Å². The van der Waals surface area contributed by atoms with Gasteiger partial charge in [0.25, 0.3) is 0 Å². The molecule has 2 aromatic rings. The van der Waals surface area contributed by atoms with Crippen molar-refractivity contribution >= 4 is 28.5 Å². The minimum Gasteiger partial charge on any atom is -0.393 e. The molecule has 1 aliphatic heterocycles. The molecule has 0 radical (unpaired) electrons. The number of piperidine rings is 1. The molecule has 4 rings (SSSR count). The van der Waals surface area contributed by atoms with Crippen LogP contribution in [0.2, 0.25) is 0 Å². The lowest BCUT2D eigenvalue weighted by Crippen LogP contribution is -2.57. The summed E-state index contributed by atoms with van der Waals surface area (Å²) >= 11 is 0. The highest BCUT2D eigenvalue weighted by molar-refractivity contribution is 5.95. The lowest BCUT2D eigenvalue weighted by molar-refractivity contribution is -0.150. The number of likely N-dealkylation sites (N-methyl/N-ethyl adjacent to an activating group) is 2. The summed E-state index contributed by atoms with van der Waals surface area (Å²) in [6, 6.07) is 12.3. The maximum absolute atomic E-state index is 14.5. The largest absolute Gasteiger partial charge is 0.393 e. The van der Waals surface area contributed by atoms with Crippen LogP contribution in [0.3, 0.4) is 0 Å². The number of fused-ring (bicyclic) bond motifs is 1. The van der Waals surface area contributed by atoms with E-state index < -0.39 is 29.9 Å². The molecule has 9 heteroatoms. The molecule has 0 bridgehead atoms. The number of benzene rings is 2. The number of nitrogens with two attached hydrogens (primary N) is 1. The Bertz CT molecular complexity index is 1440. The molecule has 0 saturated carbocycles. The number of carbonyl (C=O) groups is 3. The van der Waals surface area contributed by atoms with Crippen LogP contribution in [0.5, 0.6) is 0 Å². The zero-order valence-electron chi connectivity index (χ0n) is 28.0. The van der Waals surface area contributed by atoms with Crippen molar-refractivity contribution in [3.8, 4) is 0 Å². The lowest BCUT2D eigenvalue weighted by atomic mass is 9.88. The number of halogens is 1. The van der Waals surface area contributed by atoms with Gasteiger partial charge >= 0.3 is 0 Å². The number of nitrogens with zero attached hydrogens (tertiary/aromatic N) is 3. The third-order valence-corrected chi connectivity index (χ3v) is 9.26. The van der Waals surface area contributed by atoms with E-state index in [9.17, 15) is 23.9 Å². The Balaban J connectivity index is 1.66. The molecular formula is C37H51FN4O4. The van der Waals surface area contributed by atoms with E-state index in [1.165, 1.54) is 15.9 Å². The first-order valence-corrected chi connectivity index (χ1v) is 16.5. The second kappa shape index (κ2) is 15.4. The summed E-state index contributed by atoms with van der Waals surface area (Å²) < 4.78 is 13.9. The van der Waals surface area contributed by atoms with Crippen LogP contribution in [0, 0.1) is 5.92 Å². The van der Waals surface area contributed by atoms with Crippen LogP contribution in [0.4, 0.5) is 4.39 Å². The first kappa shape index (κ1) is 35.3. The van der Waals surface area contributed by atoms with Gasteiger partial charge in [-0.05, 0) is 81.5 Å². The summed E-state index contributed by atoms with van der Waals surface area (Å²) in [5, 5.41) is 12.2. The van der Waals surface area contributed by atoms with Gasteiger partial charge in [-0.3, -0.25) is 14.4 Å². The molecule has 1 saturated heterocycles. The van der Waals surface area contributed by atoms with E-state index in [2.05, 4.69) is 0 Å². The van der Waals surface area contributed by atoms with Crippen LogP contribution in [0.15, 0.2) is 66.3 Å². The van der Waals surface area contributed by atoms with Crippen LogP contribution < -0.4 is 5.73 Å². The number of aliphatic hydroxyl groups is 1. The number of alkyl halides is 1. The normalized spacial score (nSPS) is 20.8. The first-order valence-electron chi connectivity index (χ1n) is 16.5. The number of hydrogen-bond donors (Lipinski definition) is 2. The maximum Gasteiger partial charge on any atom is 0.246 e. The van der Waals surface area contributed by atoms with Crippen molar-refractivity contribution in [2.75, 3.05) is 27.2 Å². The Kier molecular flexibility index (Phi) is 11.8. The third kappa shape index (κ3) is 9.48. The summed E-state index contributed by atoms with van der Waals surface area (Å²) in [6.45, 7) is 6.47. The standard InChI is InChI=1S/C37H51FN4O4/c1-25(24-37(2,3)39)20-34(44)40(4)32(23-27-10-13-28-8-6-7-9-29(28)21-27)35(45)41(5)33(22-26-11-14-30(38)15-12-26)36(46)42-18-16-31(43)17-19-42/h6-11,13-14,20-21,26,30-33,43H,12,15-19,22-24,39H2,1-5H3/b25-20+/t26?,30?,32-,33-/m1/s1. The topological polar surface area (TPSA) is 107 Å². The molecule has 4 atom stereocenters. The van der Waals surface area contributed by atoms with E-state index in [-0.39, 0.29) is 30.1 Å². The Labute approximate surface area is 273 Å². The van der Waals surface area contributed by atoms with E-state index in [0.29, 0.717) is 51.6 Å². The Morgan fingerprint density at radius 2 is 1.67 bits per heavy atom. The number of carbonyl (C=O) groups excluding carboxylic acids is 3. The fourth-order valence-corrected chi connectivity index (χ4v) is 6.65. The van der Waals surface area contributed by atoms with Crippen LogP contribution in [0.25, 0.3) is 10.8 Å². The Morgan fingerprint density at radius 1 is 1.00 bits per heavy atom. The number of hydrogen-bond acceptors (Lipinski definition) is 5. The molecule has 2 aliphatic rings. The van der Waals surface area contributed by atoms with Crippen LogP contribution >= 0.6 is 0 Å². The van der Waals surface area contributed by atoms with Crippen molar-refractivity contribution in [2.24, 2.45) is 11.7 Å². The minimum atomic E-state index is -0.999. The first-order chi connectivity index (χ1) is 21.7. The summed E-state index contributed by atoms with van der Waals surface area (Å²) in [5.74, 6) is -0.896. The summed E-state index contributed by atoms with van der Waals surface area (Å²) in [5.41, 5.74) is 7.41. The smallest absolute Gasteiger partial charge is 0.246 e. The maximum atomic E-state index is 14.5. The average Bonchev–Trinajstić information content (AvgIpc) is 3.01. The predicted octanol–water partition coefficient (Wildman–Crippen LogP) is 4.79. The van der Waals surface area contributed by atoms with Gasteiger partial charge in [0, 0.05) is 45.2 Å². The van der Waals surface area contributed by atoms with Crippen LogP contribution in [-0.2, 0) is 20.8 Å². The molecule has 2 aromatic carbocycles. The average molecular weight is 635 g/mol. The van der Waals surface area contributed by atoms with E-state index in [1.54, 1.807) is 25.1 Å². The zero-order chi connectivity index (χ0) is 33.6. The molecule has 1 fully saturated rings. The third-order valence-electron chi connectivity index (χ3n) is 9.26. The highest BCUT2D eigenvalue weighted by atomic mass is 19.1. The molecule has 0 aromatic heterocycles. The van der Waals surface area contributed by atoms with Gasteiger partial charge < -0.3 is 25.5 Å². The van der Waals surface area contributed by atoms with Gasteiger partial charge in [0.05, 0.1) is 6.10 Å². The molecule has 3 amide bonds. The van der Waals surface area contributed by atoms with E-state index in [0.717, 1.165) is 21.9 Å². The molecule has 1 aliphatic carbocycles. The van der Waals surface area contributed by atoms with E-state index in [1.807, 2.05) is 69.3 Å². The number of amides is 3. The van der Waals surface area contributed by atoms with E-state index >= 15 is 0 Å². The second-order valence-electron chi connectivity index (χ2n) is 14.0. The van der Waals surface area contributed by atoms with E-state index in [4.69, 9.17) is 5.73 Å². The quantitative estimate of drug-likeness (QED) is 0.273. The van der Waals surface area contributed by atoms with Crippen molar-refractivity contribution in [1.82, 2.24) is 14.7 Å². The van der Waals surface area contributed by atoms with Crippen molar-refractivity contribution in [2.45, 2.75) is 95.6 Å². The van der Waals surface area contributed by atoms with Gasteiger partial charge in [-0.1, -0.05) is 60.2 Å². The molecular weight excluding hydrogens is 583 g/mol. The fourth-order valence-electron chi connectivity index (χ4n) is 6.65. The van der Waals surface area contributed by atoms with Gasteiger partial charge in [0.15, 0.2) is 0 Å². The van der Waals surface area contributed by atoms with Gasteiger partial charge in [-0.2, -0.15) is 0 Å². The number of rotatable bonds is 11. The minimum absolute atomic E-state index is 0.0601. The SMILES string of the molecule is C/C(=C\C(=O)N(C)[C@H](Cc1ccc2ccccc2c1)C(=O)N(C)[C@H](CC1C=CC(F)CC1)C(=O)N1CCC(O)CC1)CC(C)(C)N. The van der Waals surface area contributed by atoms with Crippen molar-refractivity contribution in [3.05, 3.63) is 71.8 Å². The van der Waals surface area contributed by atoms with Crippen molar-refractivity contribution in [1.29, 1.82) is 0 Å². The number of aliphatic hydroxyl groups excluding tert-OH is 1. The summed E-state index contributed by atoms with van der Waals surface area (Å²) in [6.07, 6.45) is 6.52. The molecule has 46 heavy (non-hydrogen) atoms. The fraction of sp³-hybridized carbons (Fsp3) is 0.541. The predicted molar refractivity (Wildman–Crippen MR) is 181 cm³/mol. The summed E-state index contributed by atoms with van der Waals surface area (Å²) in [4.78, 5) is 46.9. The highest BCUT2D eigenvalue weighted by Gasteiger charge is 2.38. The van der Waals surface area contributed by atoms with Crippen LogP contribution in [0.1, 0.15) is 64.9 Å². The number of likely N-dealkylation sites (tertiary alicyclic amines) is 1. The van der Waals surface area contributed by atoms with Gasteiger partial charge in [-0.25, -0.2) is 4.39 Å². The zero-order valence-corrected chi connectivity index (χ0v) is 28.0. The van der Waals surface area contributed by atoms with Gasteiger partial charge in [-0.15, -0.1) is 0 Å². The van der Waals surface area contributed by atoms with Crippen LogP contribution in [-0.4, -0.2) is 94.6 Å². The summed E-state index contributed by atoms with van der Waals surface area (Å²) in [7, 11) is 3.27. The Hall–Kier alpha value is -3.56. The molecule has 2 unspecified atom stereocenters.